The van der Waals surface area contributed by atoms with E-state index in [9.17, 15) is 14.9 Å². The Hall–Kier alpha value is -4.95. The second-order valence-corrected chi connectivity index (χ2v) is 12.2. The van der Waals surface area contributed by atoms with Gasteiger partial charge in [-0.3, -0.25) is 18.8 Å². The van der Waals surface area contributed by atoms with E-state index in [4.69, 9.17) is 10.5 Å². The molecule has 2 aromatic heterocycles. The number of fused-ring (bicyclic) bond motifs is 1. The predicted molar refractivity (Wildman–Crippen MR) is 172 cm³/mol. The summed E-state index contributed by atoms with van der Waals surface area (Å²) in [5, 5.41) is 10.1. The maximum absolute atomic E-state index is 14.0. The molecule has 11 heteroatoms. The number of rotatable bonds is 8. The lowest BCUT2D eigenvalue weighted by Gasteiger charge is -2.39. The molecule has 2 aliphatic rings. The van der Waals surface area contributed by atoms with E-state index in [1.165, 1.54) is 17.3 Å². The van der Waals surface area contributed by atoms with Gasteiger partial charge in [-0.1, -0.05) is 24.6 Å². The monoisotopic (exact) mass is 606 g/mol. The number of hydrogen-bond acceptors (Lipinski definition) is 8. The molecule has 2 aromatic carbocycles. The van der Waals surface area contributed by atoms with Crippen LogP contribution < -0.4 is 16.2 Å². The first-order valence-electron chi connectivity index (χ1n) is 15.5. The first-order chi connectivity index (χ1) is 21.8. The largest absolute Gasteiger partial charge is 0.457 e. The highest BCUT2D eigenvalue weighted by atomic mass is 16.5. The highest BCUT2D eigenvalue weighted by molar-refractivity contribution is 5.97. The van der Waals surface area contributed by atoms with Crippen molar-refractivity contribution in [2.24, 2.45) is 0 Å². The fourth-order valence-electron chi connectivity index (χ4n) is 6.51. The van der Waals surface area contributed by atoms with Crippen molar-refractivity contribution >= 4 is 22.9 Å². The van der Waals surface area contributed by atoms with Gasteiger partial charge in [0.15, 0.2) is 11.5 Å². The second kappa shape index (κ2) is 12.6. The van der Waals surface area contributed by atoms with Gasteiger partial charge in [0.1, 0.15) is 35.0 Å². The number of piperidine rings is 1. The van der Waals surface area contributed by atoms with Gasteiger partial charge in [0.05, 0.1) is 11.7 Å². The number of carbonyl (C=O) groups excluding carboxylic acids is 1. The molecule has 2 N–H and O–H groups in total. The minimum atomic E-state index is -0.420. The first-order valence-corrected chi connectivity index (χ1v) is 15.5. The van der Waals surface area contributed by atoms with Crippen LogP contribution in [0, 0.1) is 11.3 Å². The molecule has 2 saturated heterocycles. The van der Waals surface area contributed by atoms with Crippen molar-refractivity contribution in [3.63, 3.8) is 0 Å². The number of imidazole rings is 1. The van der Waals surface area contributed by atoms with Crippen LogP contribution in [-0.2, 0) is 11.3 Å². The van der Waals surface area contributed by atoms with Crippen molar-refractivity contribution in [2.75, 3.05) is 25.4 Å². The number of nitriles is 1. The van der Waals surface area contributed by atoms with Gasteiger partial charge in [0, 0.05) is 18.6 Å². The fraction of sp³-hybridized carbons (Fsp3) is 0.382. The Labute approximate surface area is 262 Å². The average Bonchev–Trinajstić information content (AvgIpc) is 3.64. The van der Waals surface area contributed by atoms with E-state index < -0.39 is 5.54 Å². The summed E-state index contributed by atoms with van der Waals surface area (Å²) in [6, 6.07) is 18.5. The highest BCUT2D eigenvalue weighted by Crippen LogP contribution is 2.28. The van der Waals surface area contributed by atoms with Gasteiger partial charge in [-0.2, -0.15) is 5.26 Å². The van der Waals surface area contributed by atoms with Gasteiger partial charge in [-0.25, -0.2) is 14.8 Å². The number of amides is 1. The normalized spacial score (nSPS) is 17.8. The third kappa shape index (κ3) is 6.06. The number of hydrogen-bond donors (Lipinski definition) is 1. The van der Waals surface area contributed by atoms with Crippen LogP contribution in [0.15, 0.2) is 77.4 Å². The van der Waals surface area contributed by atoms with Gasteiger partial charge in [-0.05, 0) is 95.1 Å². The maximum Gasteiger partial charge on any atom is 0.335 e. The summed E-state index contributed by atoms with van der Waals surface area (Å²) in [7, 11) is 0. The lowest BCUT2D eigenvalue weighted by Crippen LogP contribution is -2.46. The number of nitrogen functional groups attached to an aromatic ring is 1. The third-order valence-electron chi connectivity index (χ3n) is 8.86. The SMILES string of the molecule is CC(C)(C=C(C#N)C(=O)N1CCCC1Cn1c(=O)n(-c2ccc(Oc3ccccc3)cc2)c2c(N)ncnc21)N1CCCCC1. The summed E-state index contributed by atoms with van der Waals surface area (Å²) in [6.07, 6.45) is 8.06. The molecule has 2 fully saturated rings. The van der Waals surface area contributed by atoms with Crippen molar-refractivity contribution in [3.05, 3.63) is 83.1 Å². The van der Waals surface area contributed by atoms with Gasteiger partial charge in [-0.15, -0.1) is 0 Å². The molecule has 11 nitrogen and oxygen atoms in total. The van der Waals surface area contributed by atoms with Crippen molar-refractivity contribution in [3.8, 4) is 23.3 Å². The molecule has 1 unspecified atom stereocenters. The summed E-state index contributed by atoms with van der Waals surface area (Å²) >= 11 is 0. The smallest absolute Gasteiger partial charge is 0.335 e. The zero-order valence-corrected chi connectivity index (χ0v) is 25.7. The van der Waals surface area contributed by atoms with Gasteiger partial charge >= 0.3 is 5.69 Å². The molecule has 2 aliphatic heterocycles. The van der Waals surface area contributed by atoms with Crippen molar-refractivity contribution in [2.45, 2.75) is 64.1 Å². The molecule has 1 atom stereocenters. The standard InChI is InChI=1S/C34H38N8O3/c1-34(2,39-17-7-4-8-18-39)20-24(21-35)32(43)40-19-9-10-26(40)22-41-31-29(30(36)37-23-38-31)42(33(41)44)25-13-15-28(16-14-25)45-27-11-5-3-6-12-27/h3,5-6,11-16,20,23,26H,4,7-10,17-19,22H2,1-2H3,(H2,36,37,38). The molecular formula is C34H38N8O3. The van der Waals surface area contributed by atoms with E-state index in [1.54, 1.807) is 33.7 Å². The van der Waals surface area contributed by atoms with E-state index in [1.807, 2.05) is 36.4 Å². The predicted octanol–water partition coefficient (Wildman–Crippen LogP) is 4.66. The van der Waals surface area contributed by atoms with E-state index in [2.05, 4.69) is 34.8 Å². The summed E-state index contributed by atoms with van der Waals surface area (Å²) in [4.78, 5) is 40.5. The number of ether oxygens (including phenoxy) is 1. The second-order valence-electron chi connectivity index (χ2n) is 12.2. The third-order valence-corrected chi connectivity index (χ3v) is 8.86. The van der Waals surface area contributed by atoms with Crippen molar-refractivity contribution < 1.29 is 9.53 Å². The van der Waals surface area contributed by atoms with Crippen LogP contribution in [0.3, 0.4) is 0 Å². The number of benzene rings is 2. The van der Waals surface area contributed by atoms with Crippen LogP contribution in [0.5, 0.6) is 11.5 Å². The van der Waals surface area contributed by atoms with Crippen LogP contribution in [0.25, 0.3) is 16.9 Å². The van der Waals surface area contributed by atoms with E-state index >= 15 is 0 Å². The Balaban J connectivity index is 1.29. The van der Waals surface area contributed by atoms with E-state index in [0.29, 0.717) is 41.3 Å². The summed E-state index contributed by atoms with van der Waals surface area (Å²) in [5.74, 6) is 1.20. The Kier molecular flexibility index (Phi) is 8.41. The van der Waals surface area contributed by atoms with Crippen molar-refractivity contribution in [1.29, 1.82) is 5.26 Å². The lowest BCUT2D eigenvalue weighted by atomic mass is 9.95. The molecule has 0 aliphatic carbocycles. The molecule has 45 heavy (non-hydrogen) atoms. The van der Waals surface area contributed by atoms with Gasteiger partial charge in [0.25, 0.3) is 5.91 Å². The maximum atomic E-state index is 14.0. The zero-order valence-electron chi connectivity index (χ0n) is 25.7. The topological polar surface area (TPSA) is 135 Å². The quantitative estimate of drug-likeness (QED) is 0.226. The minimum Gasteiger partial charge on any atom is -0.457 e. The molecule has 232 valence electrons. The average molecular weight is 607 g/mol. The molecule has 6 rings (SSSR count). The van der Waals surface area contributed by atoms with Gasteiger partial charge in [0.2, 0.25) is 0 Å². The molecule has 4 aromatic rings. The van der Waals surface area contributed by atoms with E-state index in [-0.39, 0.29) is 35.6 Å². The molecule has 1 amide bonds. The number of likely N-dealkylation sites (tertiary alicyclic amines) is 2. The number of nitrogens with zero attached hydrogens (tertiary/aromatic N) is 7. The fourth-order valence-corrected chi connectivity index (χ4v) is 6.51. The first kappa shape index (κ1) is 30.1. The molecule has 0 saturated carbocycles. The number of aromatic nitrogens is 4. The van der Waals surface area contributed by atoms with Crippen LogP contribution in [-0.4, -0.2) is 66.0 Å². The summed E-state index contributed by atoms with van der Waals surface area (Å²) in [6.45, 7) is 6.74. The van der Waals surface area contributed by atoms with Crippen LogP contribution >= 0.6 is 0 Å². The van der Waals surface area contributed by atoms with E-state index in [0.717, 1.165) is 32.4 Å². The Morgan fingerprint density at radius 3 is 2.44 bits per heavy atom. The summed E-state index contributed by atoms with van der Waals surface area (Å²) < 4.78 is 8.98. The summed E-state index contributed by atoms with van der Waals surface area (Å²) in [5.41, 5.74) is 7.06. The van der Waals surface area contributed by atoms with Gasteiger partial charge < -0.3 is 15.4 Å². The lowest BCUT2D eigenvalue weighted by molar-refractivity contribution is -0.127. The van der Waals surface area contributed by atoms with Crippen LogP contribution in [0.4, 0.5) is 5.82 Å². The Bertz CT molecular complexity index is 1810. The highest BCUT2D eigenvalue weighted by Gasteiger charge is 2.34. The number of para-hydroxylation sites is 1. The Morgan fingerprint density at radius 1 is 1.02 bits per heavy atom. The molecular weight excluding hydrogens is 568 g/mol. The van der Waals surface area contributed by atoms with Crippen molar-refractivity contribution in [1.82, 2.24) is 28.9 Å². The molecule has 0 bridgehead atoms. The Morgan fingerprint density at radius 2 is 1.73 bits per heavy atom. The van der Waals surface area contributed by atoms with Crippen LogP contribution in [0.2, 0.25) is 0 Å². The van der Waals surface area contributed by atoms with Crippen LogP contribution in [0.1, 0.15) is 46.0 Å². The zero-order chi connectivity index (χ0) is 31.6. The molecule has 0 spiro atoms. The minimum absolute atomic E-state index is 0.136. The molecule has 0 radical (unpaired) electrons. The molecule has 4 heterocycles. The number of nitrogens with two attached hydrogens (primary N) is 1. The number of carbonyl (C=O) groups is 1. The number of anilines is 1.